The summed E-state index contributed by atoms with van der Waals surface area (Å²) in [5.74, 6) is -1.12. The van der Waals surface area contributed by atoms with Gasteiger partial charge in [-0.3, -0.25) is 9.59 Å². The number of carbonyl (C=O) groups excluding carboxylic acids is 2. The zero-order chi connectivity index (χ0) is 20.9. The van der Waals surface area contributed by atoms with Crippen LogP contribution in [0.25, 0.3) is 0 Å². The fourth-order valence-electron chi connectivity index (χ4n) is 2.33. The van der Waals surface area contributed by atoms with E-state index in [-0.39, 0.29) is 22.0 Å². The summed E-state index contributed by atoms with van der Waals surface area (Å²) in [5.41, 5.74) is 2.01. The van der Waals surface area contributed by atoms with Crippen molar-refractivity contribution in [2.45, 2.75) is 18.2 Å². The summed E-state index contributed by atoms with van der Waals surface area (Å²) in [6.45, 7) is 1.40. The molecule has 0 atom stereocenters. The van der Waals surface area contributed by atoms with Crippen LogP contribution in [0.1, 0.15) is 11.1 Å². The maximum Gasteiger partial charge on any atom is 0.310 e. The van der Waals surface area contributed by atoms with E-state index in [1.807, 2.05) is 31.2 Å². The van der Waals surface area contributed by atoms with Crippen molar-refractivity contribution < 1.29 is 22.7 Å². The molecule has 28 heavy (non-hydrogen) atoms. The van der Waals surface area contributed by atoms with E-state index in [1.54, 1.807) is 0 Å². The molecule has 0 heterocycles. The molecule has 0 saturated carbocycles. The second kappa shape index (κ2) is 9.18. The van der Waals surface area contributed by atoms with Gasteiger partial charge in [0, 0.05) is 19.8 Å². The summed E-state index contributed by atoms with van der Waals surface area (Å²) in [6.07, 6.45) is 0.0616. The van der Waals surface area contributed by atoms with E-state index in [2.05, 4.69) is 5.32 Å². The third-order valence-corrected chi connectivity index (χ3v) is 6.23. The number of nitrogens with one attached hydrogen (secondary N) is 1. The molecule has 0 unspecified atom stereocenters. The first-order chi connectivity index (χ1) is 13.1. The Morgan fingerprint density at radius 3 is 2.46 bits per heavy atom. The summed E-state index contributed by atoms with van der Waals surface area (Å²) >= 11 is 5.97. The lowest BCUT2D eigenvalue weighted by Crippen LogP contribution is -2.24. The number of ether oxygens (including phenoxy) is 1. The van der Waals surface area contributed by atoms with Crippen molar-refractivity contribution in [2.75, 3.05) is 26.0 Å². The van der Waals surface area contributed by atoms with Crippen LogP contribution in [0.3, 0.4) is 0 Å². The molecule has 0 radical (unpaired) electrons. The number of rotatable bonds is 7. The number of benzene rings is 2. The lowest BCUT2D eigenvalue weighted by Gasteiger charge is -2.14. The molecule has 2 aromatic carbocycles. The Hall–Kier alpha value is -2.42. The minimum absolute atomic E-state index is 0.0383. The maximum absolute atomic E-state index is 12.3. The van der Waals surface area contributed by atoms with Crippen molar-refractivity contribution in [1.29, 1.82) is 0 Å². The number of hydrogen-bond donors (Lipinski definition) is 1. The molecule has 7 nitrogen and oxygen atoms in total. The van der Waals surface area contributed by atoms with E-state index < -0.39 is 28.5 Å². The van der Waals surface area contributed by atoms with Crippen LogP contribution in [0.2, 0.25) is 5.02 Å². The lowest BCUT2D eigenvalue weighted by atomic mass is 10.1. The van der Waals surface area contributed by atoms with Crippen molar-refractivity contribution in [3.8, 4) is 0 Å². The molecular weight excluding hydrogens is 404 g/mol. The molecule has 0 spiro atoms. The van der Waals surface area contributed by atoms with Gasteiger partial charge in [-0.1, -0.05) is 35.9 Å². The zero-order valence-corrected chi connectivity index (χ0v) is 17.3. The second-order valence-electron chi connectivity index (χ2n) is 6.24. The summed E-state index contributed by atoms with van der Waals surface area (Å²) in [7, 11) is -1.01. The first-order valence-corrected chi connectivity index (χ1v) is 10.1. The van der Waals surface area contributed by atoms with Gasteiger partial charge in [0.05, 0.1) is 11.4 Å². The second-order valence-corrected chi connectivity index (χ2v) is 8.77. The molecule has 0 aliphatic heterocycles. The van der Waals surface area contributed by atoms with Gasteiger partial charge in [-0.05, 0) is 36.2 Å². The Bertz CT molecular complexity index is 990. The maximum atomic E-state index is 12.3. The lowest BCUT2D eigenvalue weighted by molar-refractivity contribution is -0.146. The summed E-state index contributed by atoms with van der Waals surface area (Å²) in [4.78, 5) is 23.8. The van der Waals surface area contributed by atoms with Gasteiger partial charge in [0.2, 0.25) is 10.0 Å². The Morgan fingerprint density at radius 2 is 1.82 bits per heavy atom. The van der Waals surface area contributed by atoms with Crippen LogP contribution in [0, 0.1) is 6.92 Å². The van der Waals surface area contributed by atoms with Crippen LogP contribution in [-0.4, -0.2) is 45.3 Å². The van der Waals surface area contributed by atoms with E-state index in [1.165, 1.54) is 32.3 Å². The molecule has 150 valence electrons. The van der Waals surface area contributed by atoms with Crippen LogP contribution in [0.15, 0.2) is 47.4 Å². The highest BCUT2D eigenvalue weighted by Crippen LogP contribution is 2.26. The molecule has 2 rings (SSSR count). The molecular formula is C19H21ClN2O5S. The highest BCUT2D eigenvalue weighted by molar-refractivity contribution is 7.89. The monoisotopic (exact) mass is 424 g/mol. The first kappa shape index (κ1) is 21.9. The number of amides is 1. The van der Waals surface area contributed by atoms with Gasteiger partial charge < -0.3 is 10.1 Å². The predicted octanol–water partition coefficient (Wildman–Crippen LogP) is 2.62. The average molecular weight is 425 g/mol. The fraction of sp³-hybridized carbons (Fsp3) is 0.263. The van der Waals surface area contributed by atoms with Gasteiger partial charge in [-0.25, -0.2) is 12.7 Å². The van der Waals surface area contributed by atoms with Crippen molar-refractivity contribution in [2.24, 2.45) is 0 Å². The molecule has 0 bridgehead atoms. The van der Waals surface area contributed by atoms with Crippen molar-refractivity contribution in [3.05, 3.63) is 58.6 Å². The Morgan fingerprint density at radius 1 is 1.14 bits per heavy atom. The Balaban J connectivity index is 1.98. The normalized spacial score (nSPS) is 11.3. The van der Waals surface area contributed by atoms with Gasteiger partial charge in [0.15, 0.2) is 6.61 Å². The number of hydrogen-bond acceptors (Lipinski definition) is 5. The quantitative estimate of drug-likeness (QED) is 0.689. The van der Waals surface area contributed by atoms with Gasteiger partial charge in [-0.2, -0.15) is 0 Å². The third-order valence-electron chi connectivity index (χ3n) is 3.93. The predicted molar refractivity (Wildman–Crippen MR) is 107 cm³/mol. The fourth-order valence-corrected chi connectivity index (χ4v) is 3.73. The number of carbonyl (C=O) groups is 2. The van der Waals surface area contributed by atoms with Crippen molar-refractivity contribution in [3.63, 3.8) is 0 Å². The molecule has 0 aliphatic carbocycles. The number of sulfonamides is 1. The Kier molecular flexibility index (Phi) is 7.17. The summed E-state index contributed by atoms with van der Waals surface area (Å²) in [5, 5.41) is 2.53. The number of esters is 1. The minimum atomic E-state index is -3.77. The topological polar surface area (TPSA) is 92.8 Å². The van der Waals surface area contributed by atoms with Gasteiger partial charge in [0.1, 0.15) is 4.90 Å². The minimum Gasteiger partial charge on any atom is -0.455 e. The van der Waals surface area contributed by atoms with Crippen LogP contribution in [-0.2, 0) is 30.8 Å². The molecule has 0 saturated heterocycles. The largest absolute Gasteiger partial charge is 0.455 e. The number of nitrogens with zero attached hydrogens (tertiary/aromatic N) is 1. The molecule has 0 fully saturated rings. The van der Waals surface area contributed by atoms with Gasteiger partial charge >= 0.3 is 5.97 Å². The average Bonchev–Trinajstić information content (AvgIpc) is 2.63. The first-order valence-electron chi connectivity index (χ1n) is 8.33. The molecule has 0 aromatic heterocycles. The third kappa shape index (κ3) is 5.54. The molecule has 1 N–H and O–H groups in total. The van der Waals surface area contributed by atoms with Crippen LogP contribution < -0.4 is 5.32 Å². The summed E-state index contributed by atoms with van der Waals surface area (Å²) < 4.78 is 30.5. The number of halogens is 1. The van der Waals surface area contributed by atoms with Crippen LogP contribution in [0.5, 0.6) is 0 Å². The van der Waals surface area contributed by atoms with E-state index in [9.17, 15) is 18.0 Å². The Labute approximate surface area is 169 Å². The molecule has 2 aromatic rings. The van der Waals surface area contributed by atoms with Crippen molar-refractivity contribution >= 4 is 39.2 Å². The number of anilines is 1. The van der Waals surface area contributed by atoms with Crippen LogP contribution >= 0.6 is 11.6 Å². The zero-order valence-electron chi connectivity index (χ0n) is 15.7. The highest BCUT2D eigenvalue weighted by Gasteiger charge is 2.21. The van der Waals surface area contributed by atoms with E-state index >= 15 is 0 Å². The molecule has 9 heteroatoms. The van der Waals surface area contributed by atoms with E-state index in [4.69, 9.17) is 16.3 Å². The number of aryl methyl sites for hydroxylation is 1. The SMILES string of the molecule is Cc1ccccc1CC(=O)OCC(=O)Nc1ccc(Cl)c(S(=O)(=O)N(C)C)c1. The van der Waals surface area contributed by atoms with E-state index in [0.717, 1.165) is 15.4 Å². The van der Waals surface area contributed by atoms with Gasteiger partial charge in [0.25, 0.3) is 5.91 Å². The molecule has 0 aliphatic rings. The van der Waals surface area contributed by atoms with Crippen LogP contribution in [0.4, 0.5) is 5.69 Å². The van der Waals surface area contributed by atoms with E-state index in [0.29, 0.717) is 0 Å². The smallest absolute Gasteiger partial charge is 0.310 e. The standard InChI is InChI=1S/C19H21ClN2O5S/c1-13-6-4-5-7-14(13)10-19(24)27-12-18(23)21-15-8-9-16(20)17(11-15)28(25,26)22(2)3/h4-9,11H,10,12H2,1-3H3,(H,21,23). The van der Waals surface area contributed by atoms with Crippen molar-refractivity contribution in [1.82, 2.24) is 4.31 Å². The van der Waals surface area contributed by atoms with Gasteiger partial charge in [-0.15, -0.1) is 0 Å². The molecule has 1 amide bonds. The highest BCUT2D eigenvalue weighted by atomic mass is 35.5. The summed E-state index contributed by atoms with van der Waals surface area (Å²) in [6, 6.07) is 11.5.